The van der Waals surface area contributed by atoms with E-state index in [1.807, 2.05) is 12.3 Å². The average Bonchev–Trinajstić information content (AvgIpc) is 2.36. The SMILES string of the molecule is Cc1cc(C)c(C(C)NCc2ncccc2C)c(C)c1. The summed E-state index contributed by atoms with van der Waals surface area (Å²) in [5.41, 5.74) is 7.83. The molecular formula is C18H24N2. The second-order valence-electron chi connectivity index (χ2n) is 5.68. The van der Waals surface area contributed by atoms with Crippen LogP contribution >= 0.6 is 0 Å². The molecule has 1 heterocycles. The lowest BCUT2D eigenvalue weighted by molar-refractivity contribution is 0.561. The van der Waals surface area contributed by atoms with Gasteiger partial charge in [-0.2, -0.15) is 0 Å². The van der Waals surface area contributed by atoms with Crippen LogP contribution in [0.15, 0.2) is 30.5 Å². The van der Waals surface area contributed by atoms with Gasteiger partial charge in [-0.05, 0) is 62.9 Å². The normalized spacial score (nSPS) is 12.4. The summed E-state index contributed by atoms with van der Waals surface area (Å²) in [7, 11) is 0. The van der Waals surface area contributed by atoms with Crippen LogP contribution in [0.25, 0.3) is 0 Å². The van der Waals surface area contributed by atoms with Crippen molar-refractivity contribution in [2.24, 2.45) is 0 Å². The van der Waals surface area contributed by atoms with Crippen molar-refractivity contribution in [1.82, 2.24) is 10.3 Å². The molecule has 0 spiro atoms. The summed E-state index contributed by atoms with van der Waals surface area (Å²) < 4.78 is 0. The van der Waals surface area contributed by atoms with Gasteiger partial charge in [0.15, 0.2) is 0 Å². The number of nitrogens with one attached hydrogen (secondary N) is 1. The van der Waals surface area contributed by atoms with Crippen LogP contribution in [0.2, 0.25) is 0 Å². The molecule has 106 valence electrons. The maximum absolute atomic E-state index is 4.44. The van der Waals surface area contributed by atoms with E-state index in [0.29, 0.717) is 6.04 Å². The standard InChI is InChI=1S/C18H24N2/c1-12-9-14(3)18(15(4)10-12)16(5)20-11-17-13(2)7-6-8-19-17/h6-10,16,20H,11H2,1-5H3. The van der Waals surface area contributed by atoms with E-state index in [0.717, 1.165) is 12.2 Å². The number of rotatable bonds is 4. The third-order valence-corrected chi connectivity index (χ3v) is 3.86. The fourth-order valence-electron chi connectivity index (χ4n) is 2.93. The Bertz CT molecular complexity index is 579. The summed E-state index contributed by atoms with van der Waals surface area (Å²) in [4.78, 5) is 4.44. The fraction of sp³-hybridized carbons (Fsp3) is 0.389. The second-order valence-corrected chi connectivity index (χ2v) is 5.68. The van der Waals surface area contributed by atoms with Crippen LogP contribution in [-0.2, 0) is 6.54 Å². The van der Waals surface area contributed by atoms with Gasteiger partial charge in [0.1, 0.15) is 0 Å². The van der Waals surface area contributed by atoms with Crippen molar-refractivity contribution >= 4 is 0 Å². The van der Waals surface area contributed by atoms with Gasteiger partial charge >= 0.3 is 0 Å². The lowest BCUT2D eigenvalue weighted by atomic mass is 9.95. The minimum atomic E-state index is 0.331. The first-order valence-corrected chi connectivity index (χ1v) is 7.20. The van der Waals surface area contributed by atoms with Crippen molar-refractivity contribution in [3.8, 4) is 0 Å². The lowest BCUT2D eigenvalue weighted by Crippen LogP contribution is -2.21. The van der Waals surface area contributed by atoms with Crippen LogP contribution in [0.5, 0.6) is 0 Å². The van der Waals surface area contributed by atoms with Gasteiger partial charge in [0.05, 0.1) is 5.69 Å². The molecule has 2 nitrogen and oxygen atoms in total. The summed E-state index contributed by atoms with van der Waals surface area (Å²) in [5.74, 6) is 0. The van der Waals surface area contributed by atoms with Gasteiger partial charge in [-0.1, -0.05) is 23.8 Å². The van der Waals surface area contributed by atoms with Gasteiger partial charge in [0.25, 0.3) is 0 Å². The van der Waals surface area contributed by atoms with E-state index in [2.05, 4.69) is 63.1 Å². The molecule has 0 saturated carbocycles. The highest BCUT2D eigenvalue weighted by Crippen LogP contribution is 2.23. The van der Waals surface area contributed by atoms with Crippen LogP contribution in [0.4, 0.5) is 0 Å². The largest absolute Gasteiger partial charge is 0.305 e. The summed E-state index contributed by atoms with van der Waals surface area (Å²) >= 11 is 0. The number of aromatic nitrogens is 1. The summed E-state index contributed by atoms with van der Waals surface area (Å²) in [6.45, 7) is 11.7. The van der Waals surface area contributed by atoms with E-state index in [1.165, 1.54) is 27.8 Å². The quantitative estimate of drug-likeness (QED) is 0.900. The van der Waals surface area contributed by atoms with Crippen molar-refractivity contribution < 1.29 is 0 Å². The molecule has 1 atom stereocenters. The molecule has 1 aromatic carbocycles. The molecule has 0 aliphatic carbocycles. The molecule has 1 aromatic heterocycles. The predicted molar refractivity (Wildman–Crippen MR) is 84.9 cm³/mol. The first kappa shape index (κ1) is 14.7. The van der Waals surface area contributed by atoms with Gasteiger partial charge < -0.3 is 5.32 Å². The highest BCUT2D eigenvalue weighted by atomic mass is 14.9. The van der Waals surface area contributed by atoms with Gasteiger partial charge in [0, 0.05) is 18.8 Å². The molecule has 0 radical (unpaired) electrons. The molecule has 0 fully saturated rings. The van der Waals surface area contributed by atoms with Crippen molar-refractivity contribution in [1.29, 1.82) is 0 Å². The van der Waals surface area contributed by atoms with E-state index in [9.17, 15) is 0 Å². The highest BCUT2D eigenvalue weighted by Gasteiger charge is 2.12. The molecule has 1 N–H and O–H groups in total. The number of hydrogen-bond donors (Lipinski definition) is 1. The maximum atomic E-state index is 4.44. The van der Waals surface area contributed by atoms with Crippen LogP contribution in [0, 0.1) is 27.7 Å². The van der Waals surface area contributed by atoms with Gasteiger partial charge in [-0.15, -0.1) is 0 Å². The van der Waals surface area contributed by atoms with E-state index in [1.54, 1.807) is 0 Å². The van der Waals surface area contributed by atoms with Crippen molar-refractivity contribution in [3.63, 3.8) is 0 Å². The number of hydrogen-bond acceptors (Lipinski definition) is 2. The first-order valence-electron chi connectivity index (χ1n) is 7.20. The number of aryl methyl sites for hydroxylation is 4. The molecule has 0 bridgehead atoms. The smallest absolute Gasteiger partial charge is 0.0570 e. The predicted octanol–water partition coefficient (Wildman–Crippen LogP) is 4.17. The Morgan fingerprint density at radius 2 is 1.70 bits per heavy atom. The monoisotopic (exact) mass is 268 g/mol. The zero-order valence-electron chi connectivity index (χ0n) is 13.1. The molecule has 0 amide bonds. The van der Waals surface area contributed by atoms with E-state index in [4.69, 9.17) is 0 Å². The van der Waals surface area contributed by atoms with E-state index >= 15 is 0 Å². The molecule has 2 heteroatoms. The Morgan fingerprint density at radius 3 is 2.30 bits per heavy atom. The zero-order valence-corrected chi connectivity index (χ0v) is 13.1. The topological polar surface area (TPSA) is 24.9 Å². The third-order valence-electron chi connectivity index (χ3n) is 3.86. The van der Waals surface area contributed by atoms with Gasteiger partial charge in [-0.25, -0.2) is 0 Å². The first-order chi connectivity index (χ1) is 9.49. The highest BCUT2D eigenvalue weighted by molar-refractivity contribution is 5.39. The van der Waals surface area contributed by atoms with Crippen LogP contribution in [0.1, 0.15) is 46.5 Å². The average molecular weight is 268 g/mol. The molecular weight excluding hydrogens is 244 g/mol. The van der Waals surface area contributed by atoms with Crippen molar-refractivity contribution in [2.45, 2.75) is 47.2 Å². The van der Waals surface area contributed by atoms with Crippen LogP contribution in [0.3, 0.4) is 0 Å². The fourth-order valence-corrected chi connectivity index (χ4v) is 2.93. The van der Waals surface area contributed by atoms with E-state index < -0.39 is 0 Å². The number of pyridine rings is 1. The molecule has 2 rings (SSSR count). The van der Waals surface area contributed by atoms with Crippen LogP contribution < -0.4 is 5.32 Å². The molecule has 1 unspecified atom stereocenters. The lowest BCUT2D eigenvalue weighted by Gasteiger charge is -2.20. The summed E-state index contributed by atoms with van der Waals surface area (Å²) in [5, 5.41) is 3.59. The molecule has 20 heavy (non-hydrogen) atoms. The molecule has 2 aromatic rings. The maximum Gasteiger partial charge on any atom is 0.0570 e. The van der Waals surface area contributed by atoms with Gasteiger partial charge in [0.2, 0.25) is 0 Å². The summed E-state index contributed by atoms with van der Waals surface area (Å²) in [6, 6.07) is 8.93. The minimum Gasteiger partial charge on any atom is -0.305 e. The molecule has 0 aliphatic heterocycles. The van der Waals surface area contributed by atoms with Crippen molar-refractivity contribution in [2.75, 3.05) is 0 Å². The third kappa shape index (κ3) is 3.26. The molecule has 0 aliphatic rings. The van der Waals surface area contributed by atoms with Crippen molar-refractivity contribution in [3.05, 3.63) is 64.0 Å². The number of nitrogens with zero attached hydrogens (tertiary/aromatic N) is 1. The summed E-state index contributed by atoms with van der Waals surface area (Å²) in [6.07, 6.45) is 1.86. The Morgan fingerprint density at radius 1 is 1.05 bits per heavy atom. The Kier molecular flexibility index (Phi) is 4.56. The molecule has 0 saturated heterocycles. The van der Waals surface area contributed by atoms with E-state index in [-0.39, 0.29) is 0 Å². The van der Waals surface area contributed by atoms with Gasteiger partial charge in [-0.3, -0.25) is 4.98 Å². The zero-order chi connectivity index (χ0) is 14.7. The Hall–Kier alpha value is -1.67. The Labute approximate surface area is 122 Å². The Balaban J connectivity index is 2.13. The number of benzene rings is 1. The second kappa shape index (κ2) is 6.19. The van der Waals surface area contributed by atoms with Crippen LogP contribution in [-0.4, -0.2) is 4.98 Å². The minimum absolute atomic E-state index is 0.331.